The summed E-state index contributed by atoms with van der Waals surface area (Å²) >= 11 is 11.5. The molecule has 0 aliphatic carbocycles. The molecule has 1 aromatic heterocycles. The minimum Gasteiger partial charge on any atom is -0.304 e. The average molecular weight is 388 g/mol. The molecule has 0 amide bonds. The first-order valence-electron chi connectivity index (χ1n) is 7.21. The third kappa shape index (κ3) is 4.07. The quantitative estimate of drug-likeness (QED) is 0.706. The van der Waals surface area contributed by atoms with Crippen molar-refractivity contribution in [1.29, 1.82) is 0 Å². The molecule has 2 nitrogen and oxygen atoms in total. The first-order valence-corrected chi connectivity index (χ1v) is 9.20. The van der Waals surface area contributed by atoms with Gasteiger partial charge in [0, 0.05) is 14.4 Å². The summed E-state index contributed by atoms with van der Waals surface area (Å²) in [5.41, 5.74) is 2.38. The highest BCUT2D eigenvalue weighted by atomic mass is 79.9. The largest absolute Gasteiger partial charge is 0.304 e. The predicted octanol–water partition coefficient (Wildman–Crippen LogP) is 5.52. The van der Waals surface area contributed by atoms with Crippen molar-refractivity contribution < 1.29 is 0 Å². The number of nitrogens with one attached hydrogen (secondary N) is 1. The Morgan fingerprint density at radius 3 is 2.71 bits per heavy atom. The van der Waals surface area contributed by atoms with Crippen LogP contribution in [0.5, 0.6) is 0 Å². The van der Waals surface area contributed by atoms with Crippen molar-refractivity contribution in [3.05, 3.63) is 48.8 Å². The van der Waals surface area contributed by atoms with E-state index in [0.717, 1.165) is 33.9 Å². The molecule has 2 aromatic rings. The zero-order chi connectivity index (χ0) is 15.4. The number of nitrogens with zero attached hydrogens (tertiary/aromatic N) is 1. The van der Waals surface area contributed by atoms with Crippen LogP contribution in [0.15, 0.2) is 22.7 Å². The second kappa shape index (κ2) is 7.73. The molecule has 1 N–H and O–H groups in total. The minimum atomic E-state index is 0.112. The summed E-state index contributed by atoms with van der Waals surface area (Å²) in [6.07, 6.45) is 2.07. The predicted molar refractivity (Wildman–Crippen MR) is 95.5 cm³/mol. The van der Waals surface area contributed by atoms with Crippen molar-refractivity contribution in [2.24, 2.45) is 0 Å². The van der Waals surface area contributed by atoms with Crippen LogP contribution in [0.2, 0.25) is 5.02 Å². The number of halogens is 2. The second-order valence-corrected chi connectivity index (χ2v) is 7.49. The third-order valence-electron chi connectivity index (χ3n) is 3.36. The number of aryl methyl sites for hydroxylation is 2. The van der Waals surface area contributed by atoms with E-state index in [1.54, 1.807) is 11.3 Å². The van der Waals surface area contributed by atoms with Gasteiger partial charge >= 0.3 is 0 Å². The SMILES string of the molecule is CCCNC(c1nc(CC)c(C)s1)c1ccc(Cl)cc1Br. The fourth-order valence-electron chi connectivity index (χ4n) is 2.26. The Labute approximate surface area is 144 Å². The van der Waals surface area contributed by atoms with Gasteiger partial charge in [-0.15, -0.1) is 11.3 Å². The summed E-state index contributed by atoms with van der Waals surface area (Å²) in [6.45, 7) is 7.43. The second-order valence-electron chi connectivity index (χ2n) is 4.96. The van der Waals surface area contributed by atoms with Gasteiger partial charge < -0.3 is 5.32 Å². The molecule has 5 heteroatoms. The molecular formula is C16H20BrClN2S. The number of rotatable bonds is 6. The van der Waals surface area contributed by atoms with Crippen molar-refractivity contribution >= 4 is 38.9 Å². The van der Waals surface area contributed by atoms with E-state index in [4.69, 9.17) is 16.6 Å². The minimum absolute atomic E-state index is 0.112. The summed E-state index contributed by atoms with van der Waals surface area (Å²) in [5.74, 6) is 0. The Kier molecular flexibility index (Phi) is 6.23. The standard InChI is InChI=1S/C16H20BrClN2S/c1-4-8-19-15(12-7-6-11(18)9-13(12)17)16-20-14(5-2)10(3)21-16/h6-7,9,15,19H,4-5,8H2,1-3H3. The number of aromatic nitrogens is 1. The molecule has 21 heavy (non-hydrogen) atoms. The van der Waals surface area contributed by atoms with E-state index < -0.39 is 0 Å². The number of benzene rings is 1. The van der Waals surface area contributed by atoms with Gasteiger partial charge in [-0.1, -0.05) is 47.4 Å². The molecule has 1 unspecified atom stereocenters. The molecule has 0 saturated carbocycles. The van der Waals surface area contributed by atoms with E-state index >= 15 is 0 Å². The van der Waals surface area contributed by atoms with Crippen LogP contribution in [0.25, 0.3) is 0 Å². The smallest absolute Gasteiger partial charge is 0.115 e. The van der Waals surface area contributed by atoms with E-state index in [1.807, 2.05) is 12.1 Å². The van der Waals surface area contributed by atoms with Crippen molar-refractivity contribution in [1.82, 2.24) is 10.3 Å². The van der Waals surface area contributed by atoms with Crippen molar-refractivity contribution in [2.45, 2.75) is 39.7 Å². The maximum absolute atomic E-state index is 6.06. The normalized spacial score (nSPS) is 12.6. The zero-order valence-electron chi connectivity index (χ0n) is 12.5. The molecule has 0 spiro atoms. The Balaban J connectivity index is 2.41. The maximum atomic E-state index is 6.06. The molecule has 0 bridgehead atoms. The van der Waals surface area contributed by atoms with E-state index in [9.17, 15) is 0 Å². The first kappa shape index (κ1) is 16.9. The Bertz CT molecular complexity index is 612. The lowest BCUT2D eigenvalue weighted by molar-refractivity contribution is 0.593. The Morgan fingerprint density at radius 2 is 2.14 bits per heavy atom. The highest BCUT2D eigenvalue weighted by Gasteiger charge is 2.21. The molecule has 114 valence electrons. The zero-order valence-corrected chi connectivity index (χ0v) is 15.7. The van der Waals surface area contributed by atoms with Crippen LogP contribution in [-0.4, -0.2) is 11.5 Å². The van der Waals surface area contributed by atoms with Gasteiger partial charge in [-0.2, -0.15) is 0 Å². The highest BCUT2D eigenvalue weighted by molar-refractivity contribution is 9.10. The number of hydrogen-bond donors (Lipinski definition) is 1. The summed E-state index contributed by atoms with van der Waals surface area (Å²) in [5, 5.41) is 5.47. The van der Waals surface area contributed by atoms with Crippen LogP contribution < -0.4 is 5.32 Å². The molecular weight excluding hydrogens is 368 g/mol. The average Bonchev–Trinajstić information content (AvgIpc) is 2.82. The van der Waals surface area contributed by atoms with Crippen LogP contribution >= 0.6 is 38.9 Å². The molecule has 1 heterocycles. The van der Waals surface area contributed by atoms with E-state index in [0.29, 0.717) is 0 Å². The lowest BCUT2D eigenvalue weighted by Gasteiger charge is -2.18. The van der Waals surface area contributed by atoms with Gasteiger partial charge in [-0.25, -0.2) is 4.98 Å². The van der Waals surface area contributed by atoms with Crippen molar-refractivity contribution in [2.75, 3.05) is 6.54 Å². The molecule has 0 aliphatic rings. The Hall–Kier alpha value is -0.420. The summed E-state index contributed by atoms with van der Waals surface area (Å²) < 4.78 is 1.02. The van der Waals surface area contributed by atoms with Gasteiger partial charge in [-0.05, 0) is 44.0 Å². The summed E-state index contributed by atoms with van der Waals surface area (Å²) in [7, 11) is 0. The molecule has 0 saturated heterocycles. The molecule has 0 aliphatic heterocycles. The van der Waals surface area contributed by atoms with E-state index in [2.05, 4.69) is 48.1 Å². The fraction of sp³-hybridized carbons (Fsp3) is 0.438. The maximum Gasteiger partial charge on any atom is 0.115 e. The third-order valence-corrected chi connectivity index (χ3v) is 5.36. The Morgan fingerprint density at radius 1 is 1.38 bits per heavy atom. The van der Waals surface area contributed by atoms with Crippen LogP contribution in [0, 0.1) is 6.92 Å². The van der Waals surface area contributed by atoms with Crippen LogP contribution in [-0.2, 0) is 6.42 Å². The van der Waals surface area contributed by atoms with Gasteiger partial charge in [0.2, 0.25) is 0 Å². The molecule has 2 rings (SSSR count). The van der Waals surface area contributed by atoms with Crippen LogP contribution in [0.4, 0.5) is 0 Å². The molecule has 1 aromatic carbocycles. The van der Waals surface area contributed by atoms with Crippen molar-refractivity contribution in [3.8, 4) is 0 Å². The lowest BCUT2D eigenvalue weighted by Crippen LogP contribution is -2.23. The first-order chi connectivity index (χ1) is 10.1. The van der Waals surface area contributed by atoms with Gasteiger partial charge in [0.1, 0.15) is 5.01 Å². The monoisotopic (exact) mass is 386 g/mol. The molecule has 1 atom stereocenters. The van der Waals surface area contributed by atoms with E-state index in [-0.39, 0.29) is 6.04 Å². The molecule has 0 fully saturated rings. The van der Waals surface area contributed by atoms with Crippen LogP contribution in [0.3, 0.4) is 0 Å². The number of hydrogen-bond acceptors (Lipinski definition) is 3. The lowest BCUT2D eigenvalue weighted by atomic mass is 10.1. The van der Waals surface area contributed by atoms with Gasteiger partial charge in [0.15, 0.2) is 0 Å². The van der Waals surface area contributed by atoms with Gasteiger partial charge in [0.05, 0.1) is 11.7 Å². The van der Waals surface area contributed by atoms with E-state index in [1.165, 1.54) is 16.1 Å². The summed E-state index contributed by atoms with van der Waals surface area (Å²) in [6, 6.07) is 6.06. The number of thiazole rings is 1. The topological polar surface area (TPSA) is 24.9 Å². The molecule has 0 radical (unpaired) electrons. The van der Waals surface area contributed by atoms with Gasteiger partial charge in [0.25, 0.3) is 0 Å². The van der Waals surface area contributed by atoms with Crippen LogP contribution in [0.1, 0.15) is 47.5 Å². The van der Waals surface area contributed by atoms with Gasteiger partial charge in [-0.3, -0.25) is 0 Å². The summed E-state index contributed by atoms with van der Waals surface area (Å²) in [4.78, 5) is 6.13. The highest BCUT2D eigenvalue weighted by Crippen LogP contribution is 2.33. The van der Waals surface area contributed by atoms with Crippen molar-refractivity contribution in [3.63, 3.8) is 0 Å². The fourth-order valence-corrected chi connectivity index (χ4v) is 4.27.